The van der Waals surface area contributed by atoms with Crippen LogP contribution in [0.3, 0.4) is 0 Å². The van der Waals surface area contributed by atoms with E-state index in [4.69, 9.17) is 0 Å². The normalized spacial score (nSPS) is 10.3. The van der Waals surface area contributed by atoms with Crippen LogP contribution in [0, 0.1) is 6.92 Å². The number of rotatable bonds is 4. The third kappa shape index (κ3) is 3.26. The number of aromatic nitrogens is 2. The highest BCUT2D eigenvalue weighted by Gasteiger charge is 2.16. The average Bonchev–Trinajstić information content (AvgIpc) is 2.56. The first kappa shape index (κ1) is 14.9. The number of ketones is 1. The van der Waals surface area contributed by atoms with E-state index in [1.807, 2.05) is 67.6 Å². The second-order valence-electron chi connectivity index (χ2n) is 5.27. The molecule has 3 rings (SSSR count). The molecular formula is C19H17N3O. The summed E-state index contributed by atoms with van der Waals surface area (Å²) in [4.78, 5) is 21.1. The predicted octanol–water partition coefficient (Wildman–Crippen LogP) is 4.40. The van der Waals surface area contributed by atoms with Crippen molar-refractivity contribution in [1.82, 2.24) is 9.97 Å². The summed E-state index contributed by atoms with van der Waals surface area (Å²) in [5.41, 5.74) is 2.99. The molecule has 4 heteroatoms. The van der Waals surface area contributed by atoms with E-state index in [1.54, 1.807) is 0 Å². The molecule has 114 valence electrons. The molecule has 0 unspecified atom stereocenters. The summed E-state index contributed by atoms with van der Waals surface area (Å²) < 4.78 is 0. The third-order valence-corrected chi connectivity index (χ3v) is 3.51. The van der Waals surface area contributed by atoms with E-state index in [0.717, 1.165) is 11.3 Å². The predicted molar refractivity (Wildman–Crippen MR) is 91.9 cm³/mol. The Morgan fingerprint density at radius 2 is 1.52 bits per heavy atom. The number of nitrogens with zero attached hydrogens (tertiary/aromatic N) is 2. The maximum Gasteiger partial charge on any atom is 0.165 e. The van der Waals surface area contributed by atoms with E-state index >= 15 is 0 Å². The molecule has 0 fully saturated rings. The minimum absolute atomic E-state index is 0.0551. The van der Waals surface area contributed by atoms with Crippen molar-refractivity contribution < 1.29 is 4.79 Å². The van der Waals surface area contributed by atoms with Gasteiger partial charge in [0, 0.05) is 11.3 Å². The maximum absolute atomic E-state index is 12.0. The van der Waals surface area contributed by atoms with Crippen molar-refractivity contribution in [2.24, 2.45) is 0 Å². The molecule has 0 aliphatic rings. The molecule has 0 aliphatic carbocycles. The van der Waals surface area contributed by atoms with Crippen LogP contribution in [0.5, 0.6) is 0 Å². The summed E-state index contributed by atoms with van der Waals surface area (Å²) in [6.45, 7) is 3.37. The number of hydrogen-bond acceptors (Lipinski definition) is 4. The summed E-state index contributed by atoms with van der Waals surface area (Å²) in [6.07, 6.45) is 0. The van der Waals surface area contributed by atoms with E-state index in [9.17, 15) is 4.79 Å². The second-order valence-corrected chi connectivity index (χ2v) is 5.27. The number of anilines is 2. The topological polar surface area (TPSA) is 54.9 Å². The lowest BCUT2D eigenvalue weighted by atomic mass is 10.1. The first-order valence-electron chi connectivity index (χ1n) is 7.42. The van der Waals surface area contributed by atoms with Crippen LogP contribution >= 0.6 is 0 Å². The number of Topliss-reactive ketones (excluding diaryl/α,β-unsaturated/α-hetero) is 1. The van der Waals surface area contributed by atoms with E-state index in [1.165, 1.54) is 6.92 Å². The van der Waals surface area contributed by atoms with Gasteiger partial charge in [-0.25, -0.2) is 9.97 Å². The monoisotopic (exact) mass is 303 g/mol. The van der Waals surface area contributed by atoms with E-state index in [0.29, 0.717) is 22.9 Å². The lowest BCUT2D eigenvalue weighted by Gasteiger charge is -2.13. The molecule has 0 amide bonds. The smallest absolute Gasteiger partial charge is 0.165 e. The summed E-state index contributed by atoms with van der Waals surface area (Å²) in [5, 5.41) is 3.23. The summed E-state index contributed by atoms with van der Waals surface area (Å²) >= 11 is 0. The van der Waals surface area contributed by atoms with Crippen molar-refractivity contribution in [1.29, 1.82) is 0 Å². The van der Waals surface area contributed by atoms with Crippen LogP contribution in [0.4, 0.5) is 11.5 Å². The van der Waals surface area contributed by atoms with Gasteiger partial charge in [0.05, 0.1) is 11.3 Å². The molecule has 2 aromatic carbocycles. The maximum atomic E-state index is 12.0. The standard InChI is InChI=1S/C19H17N3O/c1-13-17(14(2)23)19(21-16-11-7-4-8-12-16)22-18(20-13)15-9-5-3-6-10-15/h3-12H,1-2H3,(H,20,21,22). The van der Waals surface area contributed by atoms with E-state index in [-0.39, 0.29) is 5.78 Å². The van der Waals surface area contributed by atoms with Gasteiger partial charge in [-0.1, -0.05) is 48.5 Å². The molecule has 4 nitrogen and oxygen atoms in total. The molecule has 0 saturated heterocycles. The molecule has 23 heavy (non-hydrogen) atoms. The highest BCUT2D eigenvalue weighted by molar-refractivity contribution is 6.00. The third-order valence-electron chi connectivity index (χ3n) is 3.51. The Labute approximate surface area is 135 Å². The summed E-state index contributed by atoms with van der Waals surface area (Å²) in [5.74, 6) is 1.09. The van der Waals surface area contributed by atoms with Crippen LogP contribution in [-0.2, 0) is 0 Å². The van der Waals surface area contributed by atoms with Crippen LogP contribution in [-0.4, -0.2) is 15.8 Å². The van der Waals surface area contributed by atoms with Crippen molar-refractivity contribution >= 4 is 17.3 Å². The number of nitrogens with one attached hydrogen (secondary N) is 1. The first-order chi connectivity index (χ1) is 11.1. The number of carbonyl (C=O) groups is 1. The zero-order valence-corrected chi connectivity index (χ0v) is 13.1. The van der Waals surface area contributed by atoms with Crippen LogP contribution in [0.1, 0.15) is 23.0 Å². The Morgan fingerprint density at radius 1 is 0.913 bits per heavy atom. The Balaban J connectivity index is 2.11. The fraction of sp³-hybridized carbons (Fsp3) is 0.105. The molecule has 0 saturated carbocycles. The lowest BCUT2D eigenvalue weighted by Crippen LogP contribution is -2.09. The molecule has 1 N–H and O–H groups in total. The van der Waals surface area contributed by atoms with Gasteiger partial charge >= 0.3 is 0 Å². The zero-order chi connectivity index (χ0) is 16.2. The molecule has 0 radical (unpaired) electrons. The minimum Gasteiger partial charge on any atom is -0.339 e. The number of hydrogen-bond donors (Lipinski definition) is 1. The molecule has 1 heterocycles. The zero-order valence-electron chi connectivity index (χ0n) is 13.1. The molecule has 3 aromatic rings. The van der Waals surface area contributed by atoms with Crippen molar-refractivity contribution in [2.75, 3.05) is 5.32 Å². The molecular weight excluding hydrogens is 286 g/mol. The van der Waals surface area contributed by atoms with Gasteiger partial charge in [-0.05, 0) is 26.0 Å². The van der Waals surface area contributed by atoms with Gasteiger partial charge in [0.1, 0.15) is 5.82 Å². The molecule has 1 aromatic heterocycles. The lowest BCUT2D eigenvalue weighted by molar-refractivity contribution is 0.101. The summed E-state index contributed by atoms with van der Waals surface area (Å²) in [6, 6.07) is 19.4. The van der Waals surface area contributed by atoms with Gasteiger partial charge in [0.2, 0.25) is 0 Å². The Bertz CT molecular complexity index is 830. The SMILES string of the molecule is CC(=O)c1c(C)nc(-c2ccccc2)nc1Nc1ccccc1. The van der Waals surface area contributed by atoms with Gasteiger partial charge in [0.15, 0.2) is 11.6 Å². The van der Waals surface area contributed by atoms with E-state index < -0.39 is 0 Å². The van der Waals surface area contributed by atoms with Gasteiger partial charge in [-0.2, -0.15) is 0 Å². The number of carbonyl (C=O) groups excluding carboxylic acids is 1. The number of benzene rings is 2. The molecule has 0 spiro atoms. The first-order valence-corrected chi connectivity index (χ1v) is 7.42. The second kappa shape index (κ2) is 6.40. The average molecular weight is 303 g/mol. The molecule has 0 bridgehead atoms. The van der Waals surface area contributed by atoms with Crippen molar-refractivity contribution in [3.05, 3.63) is 71.9 Å². The minimum atomic E-state index is -0.0551. The van der Waals surface area contributed by atoms with Crippen LogP contribution < -0.4 is 5.32 Å². The Kier molecular flexibility index (Phi) is 4.15. The summed E-state index contributed by atoms with van der Waals surface area (Å²) in [7, 11) is 0. The van der Waals surface area contributed by atoms with Crippen LogP contribution in [0.2, 0.25) is 0 Å². The fourth-order valence-corrected chi connectivity index (χ4v) is 2.46. The fourth-order valence-electron chi connectivity index (χ4n) is 2.46. The van der Waals surface area contributed by atoms with Gasteiger partial charge in [-0.3, -0.25) is 4.79 Å². The number of para-hydroxylation sites is 1. The van der Waals surface area contributed by atoms with Gasteiger partial charge < -0.3 is 5.32 Å². The largest absolute Gasteiger partial charge is 0.339 e. The molecule has 0 aliphatic heterocycles. The number of aryl methyl sites for hydroxylation is 1. The highest BCUT2D eigenvalue weighted by Crippen LogP contribution is 2.25. The van der Waals surface area contributed by atoms with Crippen molar-refractivity contribution in [3.8, 4) is 11.4 Å². The Morgan fingerprint density at radius 3 is 2.13 bits per heavy atom. The van der Waals surface area contributed by atoms with Crippen LogP contribution in [0.15, 0.2) is 60.7 Å². The quantitative estimate of drug-likeness (QED) is 0.726. The van der Waals surface area contributed by atoms with Gasteiger partial charge in [-0.15, -0.1) is 0 Å². The molecule has 0 atom stereocenters. The van der Waals surface area contributed by atoms with Crippen LogP contribution in [0.25, 0.3) is 11.4 Å². The van der Waals surface area contributed by atoms with Gasteiger partial charge in [0.25, 0.3) is 0 Å². The van der Waals surface area contributed by atoms with Crippen molar-refractivity contribution in [2.45, 2.75) is 13.8 Å². The van der Waals surface area contributed by atoms with E-state index in [2.05, 4.69) is 15.3 Å². The highest BCUT2D eigenvalue weighted by atomic mass is 16.1. The van der Waals surface area contributed by atoms with Crippen molar-refractivity contribution in [3.63, 3.8) is 0 Å². The Hall–Kier alpha value is -3.01.